The van der Waals surface area contributed by atoms with Gasteiger partial charge in [-0.15, -0.1) is 0 Å². The zero-order valence-corrected chi connectivity index (χ0v) is 9.21. The number of aromatic amines is 1. The Balaban J connectivity index is 2.64. The molecule has 1 rings (SSSR count). The number of aromatic nitrogens is 2. The molecule has 1 heterocycles. The second kappa shape index (κ2) is 5.31. The number of nitrogens with two attached hydrogens (primary N) is 1. The molecule has 0 saturated carbocycles. The van der Waals surface area contributed by atoms with Gasteiger partial charge in [0.15, 0.2) is 5.16 Å². The second-order valence-corrected chi connectivity index (χ2v) is 4.18. The van der Waals surface area contributed by atoms with Crippen molar-refractivity contribution >= 4 is 23.7 Å². The maximum absolute atomic E-state index is 11.3. The van der Waals surface area contributed by atoms with Gasteiger partial charge in [0.1, 0.15) is 0 Å². The van der Waals surface area contributed by atoms with Gasteiger partial charge in [-0.25, -0.2) is 9.78 Å². The Kier molecular flexibility index (Phi) is 4.06. The van der Waals surface area contributed by atoms with Gasteiger partial charge in [-0.3, -0.25) is 14.9 Å². The zero-order valence-electron chi connectivity index (χ0n) is 8.39. The number of carbonyl (C=O) groups is 2. The lowest BCUT2D eigenvalue weighted by Gasteiger charge is -2.08. The molecule has 0 aliphatic rings. The van der Waals surface area contributed by atoms with Crippen molar-refractivity contribution in [1.29, 1.82) is 0 Å². The van der Waals surface area contributed by atoms with Crippen molar-refractivity contribution in [2.24, 2.45) is 5.73 Å². The zero-order chi connectivity index (χ0) is 12.1. The molecule has 1 atom stereocenters. The van der Waals surface area contributed by atoms with Crippen LogP contribution in [0, 0.1) is 0 Å². The number of hydrogen-bond acceptors (Lipinski definition) is 5. The molecule has 0 fully saturated rings. The average Bonchev–Trinajstić information content (AvgIpc) is 2.16. The van der Waals surface area contributed by atoms with Crippen molar-refractivity contribution < 1.29 is 9.59 Å². The average molecular weight is 242 g/mol. The van der Waals surface area contributed by atoms with E-state index in [0.717, 1.165) is 11.8 Å². The largest absolute Gasteiger partial charge is 0.351 e. The van der Waals surface area contributed by atoms with Crippen LogP contribution in [0.25, 0.3) is 0 Å². The van der Waals surface area contributed by atoms with Crippen LogP contribution in [-0.2, 0) is 4.79 Å². The molecule has 1 aromatic rings. The van der Waals surface area contributed by atoms with Crippen LogP contribution in [0.5, 0.6) is 0 Å². The first-order valence-corrected chi connectivity index (χ1v) is 5.19. The molecule has 0 aliphatic carbocycles. The number of nitrogens with zero attached hydrogens (tertiary/aromatic N) is 1. The van der Waals surface area contributed by atoms with Crippen molar-refractivity contribution in [3.8, 4) is 0 Å². The predicted octanol–water partition coefficient (Wildman–Crippen LogP) is -0.555. The highest BCUT2D eigenvalue weighted by molar-refractivity contribution is 8.00. The van der Waals surface area contributed by atoms with Crippen LogP contribution in [0.3, 0.4) is 0 Å². The Hall–Kier alpha value is -1.83. The van der Waals surface area contributed by atoms with Crippen LogP contribution in [-0.4, -0.2) is 27.2 Å². The SMILES string of the molecule is C[C@H](Sc1nccc(=O)[nH]1)C(=O)NC(N)=O. The maximum Gasteiger partial charge on any atom is 0.318 e. The summed E-state index contributed by atoms with van der Waals surface area (Å²) in [7, 11) is 0. The first-order chi connectivity index (χ1) is 7.49. The lowest BCUT2D eigenvalue weighted by atomic mass is 10.4. The van der Waals surface area contributed by atoms with Crippen molar-refractivity contribution in [3.05, 3.63) is 22.6 Å². The standard InChI is InChI=1S/C8H10N4O3S/c1-4(6(14)12-7(9)15)16-8-10-3-2-5(13)11-8/h2-4H,1H3,(H,10,11,13)(H3,9,12,14,15)/t4-/m0/s1. The monoisotopic (exact) mass is 242 g/mol. The predicted molar refractivity (Wildman–Crippen MR) is 57.9 cm³/mol. The minimum Gasteiger partial charge on any atom is -0.351 e. The van der Waals surface area contributed by atoms with Gasteiger partial charge in [-0.2, -0.15) is 0 Å². The Bertz CT molecular complexity index is 459. The third-order valence-electron chi connectivity index (χ3n) is 1.55. The van der Waals surface area contributed by atoms with E-state index in [4.69, 9.17) is 5.73 Å². The Morgan fingerprint density at radius 1 is 1.62 bits per heavy atom. The Morgan fingerprint density at radius 3 is 2.88 bits per heavy atom. The fourth-order valence-corrected chi connectivity index (χ4v) is 1.64. The first-order valence-electron chi connectivity index (χ1n) is 4.31. The van der Waals surface area contributed by atoms with Gasteiger partial charge in [0.2, 0.25) is 5.91 Å². The van der Waals surface area contributed by atoms with E-state index >= 15 is 0 Å². The van der Waals surface area contributed by atoms with Gasteiger partial charge in [0.05, 0.1) is 5.25 Å². The van der Waals surface area contributed by atoms with Crippen LogP contribution in [0.4, 0.5) is 4.79 Å². The van der Waals surface area contributed by atoms with E-state index < -0.39 is 17.2 Å². The van der Waals surface area contributed by atoms with Crippen molar-refractivity contribution in [2.45, 2.75) is 17.3 Å². The quantitative estimate of drug-likeness (QED) is 0.485. The molecule has 0 saturated heterocycles. The molecule has 1 aromatic heterocycles. The van der Waals surface area contributed by atoms with Crippen molar-refractivity contribution in [2.75, 3.05) is 0 Å². The lowest BCUT2D eigenvalue weighted by Crippen LogP contribution is -2.39. The number of hydrogen-bond donors (Lipinski definition) is 3. The van der Waals surface area contributed by atoms with Gasteiger partial charge < -0.3 is 10.7 Å². The summed E-state index contributed by atoms with van der Waals surface area (Å²) in [5, 5.41) is 1.66. The third kappa shape index (κ3) is 3.73. The number of thioether (sulfide) groups is 1. The molecule has 0 bridgehead atoms. The normalized spacial score (nSPS) is 11.8. The number of primary amides is 1. The number of rotatable bonds is 3. The molecular weight excluding hydrogens is 232 g/mol. The van der Waals surface area contributed by atoms with E-state index in [2.05, 4.69) is 9.97 Å². The first kappa shape index (κ1) is 12.2. The third-order valence-corrected chi connectivity index (χ3v) is 2.55. The summed E-state index contributed by atoms with van der Waals surface area (Å²) in [6.45, 7) is 1.57. The fourth-order valence-electron chi connectivity index (χ4n) is 0.856. The molecule has 7 nitrogen and oxygen atoms in total. The minimum atomic E-state index is -0.910. The topological polar surface area (TPSA) is 118 Å². The maximum atomic E-state index is 11.3. The number of nitrogens with one attached hydrogen (secondary N) is 2. The summed E-state index contributed by atoms with van der Waals surface area (Å²) in [5.41, 5.74) is 4.49. The highest BCUT2D eigenvalue weighted by Crippen LogP contribution is 2.17. The molecule has 0 aliphatic heterocycles. The van der Waals surface area contributed by atoms with Crippen LogP contribution >= 0.6 is 11.8 Å². The number of urea groups is 1. The van der Waals surface area contributed by atoms with E-state index in [-0.39, 0.29) is 5.56 Å². The molecule has 3 amide bonds. The molecular formula is C8H10N4O3S. The summed E-state index contributed by atoms with van der Waals surface area (Å²) in [5.74, 6) is -0.538. The van der Waals surface area contributed by atoms with Gasteiger partial charge in [-0.05, 0) is 6.92 Å². The number of imide groups is 1. The smallest absolute Gasteiger partial charge is 0.318 e. The van der Waals surface area contributed by atoms with Crippen LogP contribution in [0.15, 0.2) is 22.2 Å². The summed E-state index contributed by atoms with van der Waals surface area (Å²) < 4.78 is 0. The van der Waals surface area contributed by atoms with Crippen LogP contribution in [0.2, 0.25) is 0 Å². The fraction of sp³-hybridized carbons (Fsp3) is 0.250. The van der Waals surface area contributed by atoms with E-state index in [9.17, 15) is 14.4 Å². The van der Waals surface area contributed by atoms with Crippen molar-refractivity contribution in [1.82, 2.24) is 15.3 Å². The van der Waals surface area contributed by atoms with E-state index in [1.807, 2.05) is 5.32 Å². The highest BCUT2D eigenvalue weighted by Gasteiger charge is 2.16. The van der Waals surface area contributed by atoms with E-state index in [1.165, 1.54) is 12.3 Å². The van der Waals surface area contributed by atoms with Gasteiger partial charge in [-0.1, -0.05) is 11.8 Å². The second-order valence-electron chi connectivity index (χ2n) is 2.85. The summed E-state index contributed by atoms with van der Waals surface area (Å²) >= 11 is 1.02. The summed E-state index contributed by atoms with van der Waals surface area (Å²) in [6, 6.07) is 0.352. The Labute approximate surface area is 94.8 Å². The number of H-pyrrole nitrogens is 1. The molecule has 0 radical (unpaired) electrons. The van der Waals surface area contributed by atoms with Gasteiger partial charge in [0.25, 0.3) is 5.56 Å². The van der Waals surface area contributed by atoms with Gasteiger partial charge >= 0.3 is 6.03 Å². The Morgan fingerprint density at radius 2 is 2.31 bits per heavy atom. The van der Waals surface area contributed by atoms with E-state index in [0.29, 0.717) is 5.16 Å². The molecule has 16 heavy (non-hydrogen) atoms. The highest BCUT2D eigenvalue weighted by atomic mass is 32.2. The molecule has 4 N–H and O–H groups in total. The molecule has 0 aromatic carbocycles. The number of amides is 3. The summed E-state index contributed by atoms with van der Waals surface area (Å²) in [6.07, 6.45) is 1.33. The van der Waals surface area contributed by atoms with E-state index in [1.54, 1.807) is 6.92 Å². The van der Waals surface area contributed by atoms with Gasteiger partial charge in [0, 0.05) is 12.3 Å². The number of carbonyl (C=O) groups excluding carboxylic acids is 2. The minimum absolute atomic E-state index is 0.305. The molecule has 0 spiro atoms. The molecule has 8 heteroatoms. The van der Waals surface area contributed by atoms with Crippen LogP contribution < -0.4 is 16.6 Å². The molecule has 0 unspecified atom stereocenters. The van der Waals surface area contributed by atoms with Crippen LogP contribution in [0.1, 0.15) is 6.92 Å². The lowest BCUT2D eigenvalue weighted by molar-refractivity contribution is -0.119. The van der Waals surface area contributed by atoms with Crippen molar-refractivity contribution in [3.63, 3.8) is 0 Å². The molecule has 86 valence electrons. The summed E-state index contributed by atoms with van der Waals surface area (Å²) in [4.78, 5) is 39.0.